The van der Waals surface area contributed by atoms with Gasteiger partial charge in [-0.1, -0.05) is 6.07 Å². The maximum atomic E-state index is 14.4. The summed E-state index contributed by atoms with van der Waals surface area (Å²) in [7, 11) is 0. The lowest BCUT2D eigenvalue weighted by Gasteiger charge is -2.27. The molecule has 29 heavy (non-hydrogen) atoms. The third-order valence-electron chi connectivity index (χ3n) is 4.89. The lowest BCUT2D eigenvalue weighted by molar-refractivity contribution is -0.275. The molecule has 1 amide bonds. The number of halogens is 4. The van der Waals surface area contributed by atoms with Crippen LogP contribution in [0.5, 0.6) is 5.75 Å². The zero-order valence-corrected chi connectivity index (χ0v) is 15.0. The predicted octanol–water partition coefficient (Wildman–Crippen LogP) is 4.46. The molecule has 2 aromatic rings. The maximum absolute atomic E-state index is 14.4. The molecule has 2 aliphatic rings. The van der Waals surface area contributed by atoms with Gasteiger partial charge >= 0.3 is 6.36 Å². The van der Waals surface area contributed by atoms with Crippen LogP contribution in [0.4, 0.5) is 23.2 Å². The first-order valence-corrected chi connectivity index (χ1v) is 8.96. The van der Waals surface area contributed by atoms with Gasteiger partial charge in [0.25, 0.3) is 5.91 Å². The molecule has 1 saturated heterocycles. The van der Waals surface area contributed by atoms with Gasteiger partial charge in [-0.05, 0) is 48.2 Å². The van der Waals surface area contributed by atoms with E-state index in [2.05, 4.69) is 15.0 Å². The fourth-order valence-corrected chi connectivity index (χ4v) is 3.72. The molecule has 0 radical (unpaired) electrons. The van der Waals surface area contributed by atoms with E-state index in [0.717, 1.165) is 24.5 Å². The molecule has 1 aromatic carbocycles. The van der Waals surface area contributed by atoms with E-state index in [1.54, 1.807) is 24.5 Å². The summed E-state index contributed by atoms with van der Waals surface area (Å²) < 4.78 is 61.3. The highest BCUT2D eigenvalue weighted by atomic mass is 19.4. The van der Waals surface area contributed by atoms with E-state index in [-0.39, 0.29) is 12.2 Å². The van der Waals surface area contributed by atoms with Crippen molar-refractivity contribution >= 4 is 17.2 Å². The van der Waals surface area contributed by atoms with Crippen LogP contribution >= 0.6 is 0 Å². The zero-order chi connectivity index (χ0) is 20.6. The molecule has 2 atom stereocenters. The van der Waals surface area contributed by atoms with E-state index in [9.17, 15) is 22.4 Å². The number of rotatable bonds is 4. The van der Waals surface area contributed by atoms with Crippen molar-refractivity contribution in [3.63, 3.8) is 0 Å². The van der Waals surface area contributed by atoms with Gasteiger partial charge in [-0.15, -0.1) is 13.2 Å². The van der Waals surface area contributed by atoms with Crippen LogP contribution in [0.2, 0.25) is 0 Å². The van der Waals surface area contributed by atoms with Crippen LogP contribution < -0.4 is 10.1 Å². The fourth-order valence-electron chi connectivity index (χ4n) is 3.72. The van der Waals surface area contributed by atoms with Crippen molar-refractivity contribution in [3.05, 3.63) is 59.7 Å². The molecular weight excluding hydrogens is 392 g/mol. The summed E-state index contributed by atoms with van der Waals surface area (Å²) in [6, 6.07) is 6.70. The van der Waals surface area contributed by atoms with E-state index in [0.29, 0.717) is 17.6 Å². The number of amides is 1. The topological polar surface area (TPSA) is 60.5 Å². The van der Waals surface area contributed by atoms with E-state index in [4.69, 9.17) is 4.74 Å². The Morgan fingerprint density at radius 1 is 1.17 bits per heavy atom. The molecule has 0 aliphatic carbocycles. The van der Waals surface area contributed by atoms with Crippen molar-refractivity contribution in [2.75, 3.05) is 5.32 Å². The van der Waals surface area contributed by atoms with E-state index >= 15 is 0 Å². The monoisotopic (exact) mass is 408 g/mol. The van der Waals surface area contributed by atoms with Crippen molar-refractivity contribution in [2.24, 2.45) is 0 Å². The number of benzene rings is 1. The summed E-state index contributed by atoms with van der Waals surface area (Å²) in [4.78, 5) is 16.9. The normalized spacial score (nSPS) is 21.2. The SMILES string of the molecule is O=C(Nc1cccc(OC(F)(F)F)c1F)C1=C(c2ccncc2)[C@@H]2CC[C@H](C1)O2. The number of pyridine rings is 1. The van der Waals surface area contributed by atoms with Gasteiger partial charge in [0.1, 0.15) is 0 Å². The number of anilines is 1. The highest BCUT2D eigenvalue weighted by Crippen LogP contribution is 2.42. The largest absolute Gasteiger partial charge is 0.573 e. The van der Waals surface area contributed by atoms with Gasteiger partial charge < -0.3 is 14.8 Å². The Hall–Kier alpha value is -2.94. The van der Waals surface area contributed by atoms with E-state index < -0.39 is 29.5 Å². The van der Waals surface area contributed by atoms with Crippen LogP contribution in [0.25, 0.3) is 5.57 Å². The summed E-state index contributed by atoms with van der Waals surface area (Å²) >= 11 is 0. The third-order valence-corrected chi connectivity index (χ3v) is 4.89. The van der Waals surface area contributed by atoms with Crippen molar-refractivity contribution in [1.82, 2.24) is 4.98 Å². The Labute approximate surface area is 163 Å². The molecule has 2 bridgehead atoms. The van der Waals surface area contributed by atoms with Crippen molar-refractivity contribution in [1.29, 1.82) is 0 Å². The van der Waals surface area contributed by atoms with E-state index in [1.165, 1.54) is 12.1 Å². The van der Waals surface area contributed by atoms with Crippen LogP contribution in [0.1, 0.15) is 24.8 Å². The Balaban J connectivity index is 1.66. The van der Waals surface area contributed by atoms with E-state index in [1.807, 2.05) is 0 Å². The molecule has 5 nitrogen and oxygen atoms in total. The smallest absolute Gasteiger partial charge is 0.403 e. The predicted molar refractivity (Wildman–Crippen MR) is 95.4 cm³/mol. The van der Waals surface area contributed by atoms with Crippen molar-refractivity contribution < 1.29 is 31.8 Å². The average Bonchev–Trinajstić information content (AvgIpc) is 3.05. The van der Waals surface area contributed by atoms with Gasteiger partial charge in [-0.25, -0.2) is 4.39 Å². The molecule has 4 rings (SSSR count). The van der Waals surface area contributed by atoms with Crippen LogP contribution in [-0.4, -0.2) is 29.5 Å². The van der Waals surface area contributed by atoms with Crippen molar-refractivity contribution in [2.45, 2.75) is 37.8 Å². The molecule has 1 fully saturated rings. The van der Waals surface area contributed by atoms with Crippen LogP contribution in [0.15, 0.2) is 48.3 Å². The summed E-state index contributed by atoms with van der Waals surface area (Å²) in [5.41, 5.74) is 1.50. The maximum Gasteiger partial charge on any atom is 0.573 e. The number of nitrogens with one attached hydrogen (secondary N) is 1. The van der Waals surface area contributed by atoms with Gasteiger partial charge in [-0.3, -0.25) is 9.78 Å². The highest BCUT2D eigenvalue weighted by molar-refractivity contribution is 6.09. The Kier molecular flexibility index (Phi) is 4.99. The van der Waals surface area contributed by atoms with Crippen LogP contribution in [-0.2, 0) is 9.53 Å². The number of carbonyl (C=O) groups is 1. The first kappa shape index (κ1) is 19.4. The molecule has 1 N–H and O–H groups in total. The average molecular weight is 408 g/mol. The summed E-state index contributed by atoms with van der Waals surface area (Å²) in [5, 5.41) is 2.38. The van der Waals surface area contributed by atoms with Gasteiger partial charge in [0, 0.05) is 24.4 Å². The number of hydrogen-bond acceptors (Lipinski definition) is 4. The minimum Gasteiger partial charge on any atom is -0.403 e. The zero-order valence-electron chi connectivity index (χ0n) is 15.0. The fraction of sp³-hybridized carbons (Fsp3) is 0.300. The Morgan fingerprint density at radius 3 is 2.66 bits per heavy atom. The summed E-state index contributed by atoms with van der Waals surface area (Å²) in [6.07, 6.45) is -0.354. The second-order valence-corrected chi connectivity index (χ2v) is 6.78. The van der Waals surface area contributed by atoms with Gasteiger partial charge in [-0.2, -0.15) is 0 Å². The highest BCUT2D eigenvalue weighted by Gasteiger charge is 2.38. The van der Waals surface area contributed by atoms with Crippen LogP contribution in [0, 0.1) is 5.82 Å². The molecular formula is C20H16F4N2O3. The van der Waals surface area contributed by atoms with Gasteiger partial charge in [0.2, 0.25) is 0 Å². The number of ether oxygens (including phenoxy) is 2. The summed E-state index contributed by atoms with van der Waals surface area (Å²) in [6.45, 7) is 0. The molecule has 3 heterocycles. The Morgan fingerprint density at radius 2 is 1.93 bits per heavy atom. The lowest BCUT2D eigenvalue weighted by atomic mass is 9.92. The second kappa shape index (κ2) is 7.47. The minimum atomic E-state index is -5.04. The molecule has 2 aliphatic heterocycles. The first-order chi connectivity index (χ1) is 13.8. The van der Waals surface area contributed by atoms with Crippen molar-refractivity contribution in [3.8, 4) is 5.75 Å². The van der Waals surface area contributed by atoms with Crippen LogP contribution in [0.3, 0.4) is 0 Å². The molecule has 152 valence electrons. The molecule has 0 unspecified atom stereocenters. The second-order valence-electron chi connectivity index (χ2n) is 6.78. The quantitative estimate of drug-likeness (QED) is 0.759. The number of carbonyl (C=O) groups excluding carboxylic acids is 1. The molecule has 9 heteroatoms. The molecule has 1 aromatic heterocycles. The standard InChI is InChI=1S/C20H16F4N2O3/c21-18-14(2-1-3-16(18)29-20(22,23)24)26-19(27)13-10-12-4-5-15(28-12)17(13)11-6-8-25-9-7-11/h1-3,6-9,12,15H,4-5,10H2,(H,26,27)/t12-,15+/m1/s1. The van der Waals surface area contributed by atoms with Gasteiger partial charge in [0.05, 0.1) is 17.9 Å². The number of aromatic nitrogens is 1. The lowest BCUT2D eigenvalue weighted by Crippen LogP contribution is -2.28. The molecule has 0 spiro atoms. The number of alkyl halides is 3. The summed E-state index contributed by atoms with van der Waals surface area (Å²) in [5.74, 6) is -2.88. The minimum absolute atomic E-state index is 0.115. The van der Waals surface area contributed by atoms with Gasteiger partial charge in [0.15, 0.2) is 11.6 Å². The number of hydrogen-bond donors (Lipinski definition) is 1. The third kappa shape index (κ3) is 4.09. The molecule has 0 saturated carbocycles. The Bertz CT molecular complexity index is 960. The number of fused-ring (bicyclic) bond motifs is 2. The number of nitrogens with zero attached hydrogens (tertiary/aromatic N) is 1. The first-order valence-electron chi connectivity index (χ1n) is 8.96.